The van der Waals surface area contributed by atoms with E-state index in [1.165, 1.54) is 31.0 Å². The monoisotopic (exact) mass is 331 g/mol. The molecular weight excluding hydrogens is 306 g/mol. The van der Waals surface area contributed by atoms with Gasteiger partial charge in [-0.2, -0.15) is 0 Å². The zero-order chi connectivity index (χ0) is 16.2. The first-order valence-electron chi connectivity index (χ1n) is 8.56. The number of para-hydroxylation sites is 2. The quantitative estimate of drug-likeness (QED) is 0.847. The van der Waals surface area contributed by atoms with E-state index in [4.69, 9.17) is 0 Å². The van der Waals surface area contributed by atoms with Gasteiger partial charge in [-0.25, -0.2) is 4.98 Å². The van der Waals surface area contributed by atoms with Gasteiger partial charge < -0.3 is 9.88 Å². The number of aromatic nitrogens is 2. The first-order chi connectivity index (χ1) is 11.2. The number of carbonyl (C=O) groups excluding carboxylic acids is 1. The van der Waals surface area contributed by atoms with Gasteiger partial charge in [-0.3, -0.25) is 4.79 Å². The molecule has 1 aromatic heterocycles. The van der Waals surface area contributed by atoms with Crippen LogP contribution in [-0.4, -0.2) is 27.3 Å². The van der Waals surface area contributed by atoms with Crippen LogP contribution >= 0.6 is 11.8 Å². The number of carbonyl (C=O) groups is 1. The molecule has 3 rings (SSSR count). The fraction of sp³-hybridized carbons (Fsp3) is 0.556. The molecule has 1 fully saturated rings. The van der Waals surface area contributed by atoms with Crippen molar-refractivity contribution in [3.63, 3.8) is 0 Å². The largest absolute Gasteiger partial charge is 0.352 e. The van der Waals surface area contributed by atoms with Crippen LogP contribution in [0.1, 0.15) is 39.5 Å². The zero-order valence-electron chi connectivity index (χ0n) is 13.9. The summed E-state index contributed by atoms with van der Waals surface area (Å²) in [7, 11) is 0. The van der Waals surface area contributed by atoms with Crippen molar-refractivity contribution < 1.29 is 4.79 Å². The van der Waals surface area contributed by atoms with E-state index in [-0.39, 0.29) is 5.91 Å². The van der Waals surface area contributed by atoms with Crippen LogP contribution in [0.3, 0.4) is 0 Å². The van der Waals surface area contributed by atoms with Crippen molar-refractivity contribution in [3.8, 4) is 0 Å². The molecule has 1 aliphatic rings. The van der Waals surface area contributed by atoms with Gasteiger partial charge in [0.15, 0.2) is 5.16 Å². The minimum atomic E-state index is 0.128. The van der Waals surface area contributed by atoms with Crippen LogP contribution in [0.5, 0.6) is 0 Å². The predicted octanol–water partition coefficient (Wildman–Crippen LogP) is 3.84. The van der Waals surface area contributed by atoms with Gasteiger partial charge in [-0.15, -0.1) is 0 Å². The third kappa shape index (κ3) is 3.71. The van der Waals surface area contributed by atoms with E-state index >= 15 is 0 Å². The Balaban J connectivity index is 1.62. The number of thioether (sulfide) groups is 1. The van der Waals surface area contributed by atoms with Crippen molar-refractivity contribution in [1.29, 1.82) is 0 Å². The molecule has 124 valence electrons. The van der Waals surface area contributed by atoms with Crippen LogP contribution in [0.25, 0.3) is 11.0 Å². The molecule has 1 aliphatic carbocycles. The number of imidazole rings is 1. The van der Waals surface area contributed by atoms with E-state index in [2.05, 4.69) is 34.8 Å². The van der Waals surface area contributed by atoms with Crippen LogP contribution in [0, 0.1) is 5.92 Å². The lowest BCUT2D eigenvalue weighted by Gasteiger charge is -2.29. The first kappa shape index (κ1) is 16.4. The van der Waals surface area contributed by atoms with Gasteiger partial charge in [0.25, 0.3) is 0 Å². The SMILES string of the molecule is CCn1c(SCC(=O)N[C@H]2CCCC[C@H]2C)nc2ccccc21. The van der Waals surface area contributed by atoms with E-state index in [9.17, 15) is 4.79 Å². The summed E-state index contributed by atoms with van der Waals surface area (Å²) in [6, 6.07) is 8.49. The van der Waals surface area contributed by atoms with E-state index in [1.54, 1.807) is 0 Å². The Kier molecular flexibility index (Phi) is 5.26. The lowest BCUT2D eigenvalue weighted by Crippen LogP contribution is -2.41. The maximum Gasteiger partial charge on any atom is 0.230 e. The second kappa shape index (κ2) is 7.39. The third-order valence-corrected chi connectivity index (χ3v) is 5.70. The highest BCUT2D eigenvalue weighted by Crippen LogP contribution is 2.25. The number of hydrogen-bond donors (Lipinski definition) is 1. The van der Waals surface area contributed by atoms with Crippen LogP contribution in [0.15, 0.2) is 29.4 Å². The molecule has 23 heavy (non-hydrogen) atoms. The van der Waals surface area contributed by atoms with Crippen molar-refractivity contribution in [2.24, 2.45) is 5.92 Å². The number of benzene rings is 1. The van der Waals surface area contributed by atoms with Gasteiger partial charge in [0.1, 0.15) is 0 Å². The van der Waals surface area contributed by atoms with E-state index < -0.39 is 0 Å². The average molecular weight is 331 g/mol. The molecule has 1 amide bonds. The van der Waals surface area contributed by atoms with Crippen molar-refractivity contribution in [3.05, 3.63) is 24.3 Å². The lowest BCUT2D eigenvalue weighted by atomic mass is 9.86. The summed E-state index contributed by atoms with van der Waals surface area (Å²) in [5.74, 6) is 1.16. The van der Waals surface area contributed by atoms with Gasteiger partial charge in [0.2, 0.25) is 5.91 Å². The van der Waals surface area contributed by atoms with Crippen LogP contribution in [0.4, 0.5) is 0 Å². The second-order valence-electron chi connectivity index (χ2n) is 6.35. The van der Waals surface area contributed by atoms with Gasteiger partial charge >= 0.3 is 0 Å². The molecule has 1 N–H and O–H groups in total. The molecule has 5 heteroatoms. The van der Waals surface area contributed by atoms with E-state index in [0.29, 0.717) is 17.7 Å². The highest BCUT2D eigenvalue weighted by Gasteiger charge is 2.23. The highest BCUT2D eigenvalue weighted by atomic mass is 32.2. The average Bonchev–Trinajstić information content (AvgIpc) is 2.92. The predicted molar refractivity (Wildman–Crippen MR) is 95.7 cm³/mol. The zero-order valence-corrected chi connectivity index (χ0v) is 14.7. The maximum absolute atomic E-state index is 12.3. The molecule has 1 aromatic carbocycles. The number of rotatable bonds is 5. The first-order valence-corrected chi connectivity index (χ1v) is 9.55. The minimum Gasteiger partial charge on any atom is -0.352 e. The highest BCUT2D eigenvalue weighted by molar-refractivity contribution is 7.99. The number of nitrogens with one attached hydrogen (secondary N) is 1. The van der Waals surface area contributed by atoms with Gasteiger partial charge in [-0.1, -0.05) is 43.7 Å². The van der Waals surface area contributed by atoms with Crippen LogP contribution in [0.2, 0.25) is 0 Å². The Bertz CT molecular complexity index is 682. The van der Waals surface area contributed by atoms with E-state index in [1.807, 2.05) is 18.2 Å². The Hall–Kier alpha value is -1.49. The molecule has 0 radical (unpaired) electrons. The van der Waals surface area contributed by atoms with Crippen LogP contribution < -0.4 is 5.32 Å². The molecule has 2 aromatic rings. The summed E-state index contributed by atoms with van der Waals surface area (Å²) in [4.78, 5) is 16.9. The van der Waals surface area contributed by atoms with Gasteiger partial charge in [-0.05, 0) is 37.8 Å². The maximum atomic E-state index is 12.3. The molecule has 0 aliphatic heterocycles. The molecule has 0 bridgehead atoms. The molecular formula is C18H25N3OS. The Morgan fingerprint density at radius 1 is 1.35 bits per heavy atom. The number of aryl methyl sites for hydroxylation is 1. The van der Waals surface area contributed by atoms with Crippen LogP contribution in [-0.2, 0) is 11.3 Å². The van der Waals surface area contributed by atoms with Crippen molar-refractivity contribution in [2.45, 2.75) is 57.3 Å². The summed E-state index contributed by atoms with van der Waals surface area (Å²) in [5, 5.41) is 4.14. The fourth-order valence-electron chi connectivity index (χ4n) is 3.38. The molecule has 0 spiro atoms. The topological polar surface area (TPSA) is 46.9 Å². The molecule has 4 nitrogen and oxygen atoms in total. The molecule has 1 saturated carbocycles. The molecule has 0 saturated heterocycles. The minimum absolute atomic E-state index is 0.128. The summed E-state index contributed by atoms with van der Waals surface area (Å²) < 4.78 is 2.18. The Morgan fingerprint density at radius 2 is 2.13 bits per heavy atom. The molecule has 1 heterocycles. The van der Waals surface area contributed by atoms with Crippen molar-refractivity contribution in [1.82, 2.24) is 14.9 Å². The smallest absolute Gasteiger partial charge is 0.230 e. The number of fused-ring (bicyclic) bond motifs is 1. The van der Waals surface area contributed by atoms with Crippen molar-refractivity contribution >= 4 is 28.7 Å². The second-order valence-corrected chi connectivity index (χ2v) is 7.29. The molecule has 0 unspecified atom stereocenters. The third-order valence-electron chi connectivity index (χ3n) is 4.73. The summed E-state index contributed by atoms with van der Waals surface area (Å²) in [6.07, 6.45) is 4.87. The van der Waals surface area contributed by atoms with Crippen molar-refractivity contribution in [2.75, 3.05) is 5.75 Å². The number of amides is 1. The van der Waals surface area contributed by atoms with Gasteiger partial charge in [0, 0.05) is 12.6 Å². The lowest BCUT2D eigenvalue weighted by molar-refractivity contribution is -0.119. The number of hydrogen-bond acceptors (Lipinski definition) is 3. The summed E-state index contributed by atoms with van der Waals surface area (Å²) in [6.45, 7) is 5.22. The molecule has 2 atom stereocenters. The Labute approximate surface area is 142 Å². The normalized spacial score (nSPS) is 21.5. The summed E-state index contributed by atoms with van der Waals surface area (Å²) >= 11 is 1.54. The summed E-state index contributed by atoms with van der Waals surface area (Å²) in [5.41, 5.74) is 2.14. The standard InChI is InChI=1S/C18H25N3OS/c1-3-21-16-11-7-6-10-15(16)20-18(21)23-12-17(22)19-14-9-5-4-8-13(14)2/h6-7,10-11,13-14H,3-5,8-9,12H2,1-2H3,(H,19,22)/t13-,14+/m1/s1. The van der Waals surface area contributed by atoms with Gasteiger partial charge in [0.05, 0.1) is 16.8 Å². The van der Waals surface area contributed by atoms with E-state index in [0.717, 1.165) is 29.2 Å². The fourth-order valence-corrected chi connectivity index (χ4v) is 4.27. The Morgan fingerprint density at radius 3 is 2.91 bits per heavy atom. The number of nitrogens with zero attached hydrogens (tertiary/aromatic N) is 2.